The second kappa shape index (κ2) is 5.63. The molecule has 1 rings (SSSR count). The molecule has 1 unspecified atom stereocenters. The normalized spacial score (nSPS) is 20.4. The molecule has 1 aliphatic heterocycles. The Kier molecular flexibility index (Phi) is 4.46. The molecule has 0 radical (unpaired) electrons. The van der Waals surface area contributed by atoms with Gasteiger partial charge in [-0.3, -0.25) is 19.3 Å². The van der Waals surface area contributed by atoms with Crippen molar-refractivity contribution < 1.29 is 19.1 Å². The number of unbranched alkanes of at least 4 members (excludes halogenated alkanes) is 2. The summed E-state index contributed by atoms with van der Waals surface area (Å²) in [5.41, 5.74) is 0. The number of esters is 1. The van der Waals surface area contributed by atoms with Crippen LogP contribution in [0.25, 0.3) is 0 Å². The summed E-state index contributed by atoms with van der Waals surface area (Å²) < 4.78 is 4.49. The van der Waals surface area contributed by atoms with E-state index in [-0.39, 0.29) is 12.3 Å². The lowest BCUT2D eigenvalue weighted by molar-refractivity contribution is -0.150. The molecule has 1 fully saturated rings. The number of likely N-dealkylation sites (tertiary alicyclic amines) is 1. The Morgan fingerprint density at radius 3 is 2.69 bits per heavy atom. The maximum absolute atomic E-state index is 11.7. The third-order valence-electron chi connectivity index (χ3n) is 2.71. The molecule has 0 aromatic heterocycles. The average Bonchev–Trinajstić information content (AvgIpc) is 2.56. The van der Waals surface area contributed by atoms with Crippen molar-refractivity contribution >= 4 is 17.8 Å². The number of carbonyl (C=O) groups is 3. The number of rotatable bonds is 5. The molecule has 90 valence electrons. The number of methoxy groups -OCH3 is 1. The first-order valence-electron chi connectivity index (χ1n) is 5.53. The van der Waals surface area contributed by atoms with Crippen molar-refractivity contribution in [2.24, 2.45) is 5.92 Å². The van der Waals surface area contributed by atoms with Crippen molar-refractivity contribution in [3.63, 3.8) is 0 Å². The highest BCUT2D eigenvalue weighted by molar-refractivity contribution is 6.12. The number of carbonyl (C=O) groups excluding carboxylic acids is 3. The third kappa shape index (κ3) is 2.59. The molecule has 5 nitrogen and oxygen atoms in total. The van der Waals surface area contributed by atoms with Crippen LogP contribution in [-0.2, 0) is 19.1 Å². The van der Waals surface area contributed by atoms with Gasteiger partial charge >= 0.3 is 5.97 Å². The molecule has 0 spiro atoms. The fourth-order valence-corrected chi connectivity index (χ4v) is 1.76. The lowest BCUT2D eigenvalue weighted by Gasteiger charge is -2.13. The van der Waals surface area contributed by atoms with Crippen molar-refractivity contribution in [3.05, 3.63) is 0 Å². The Hall–Kier alpha value is -1.39. The summed E-state index contributed by atoms with van der Waals surface area (Å²) in [5.74, 6) is -2.21. The molecule has 5 heteroatoms. The van der Waals surface area contributed by atoms with Gasteiger partial charge in [-0.1, -0.05) is 19.8 Å². The fraction of sp³-hybridized carbons (Fsp3) is 0.727. The number of nitrogens with zero attached hydrogens (tertiary/aromatic N) is 1. The van der Waals surface area contributed by atoms with Gasteiger partial charge in [0.2, 0.25) is 11.8 Å². The highest BCUT2D eigenvalue weighted by Crippen LogP contribution is 2.21. The predicted molar refractivity (Wildman–Crippen MR) is 56.4 cm³/mol. The van der Waals surface area contributed by atoms with E-state index in [1.165, 1.54) is 12.0 Å². The van der Waals surface area contributed by atoms with Gasteiger partial charge in [0.25, 0.3) is 0 Å². The maximum atomic E-state index is 11.7. The zero-order chi connectivity index (χ0) is 12.1. The molecule has 0 aromatic rings. The quantitative estimate of drug-likeness (QED) is 0.300. The van der Waals surface area contributed by atoms with Gasteiger partial charge in [-0.05, 0) is 6.42 Å². The lowest BCUT2D eigenvalue weighted by atomic mass is 10.1. The highest BCUT2D eigenvalue weighted by atomic mass is 16.5. The first-order chi connectivity index (χ1) is 7.61. The zero-order valence-corrected chi connectivity index (χ0v) is 9.69. The second-order valence-electron chi connectivity index (χ2n) is 3.87. The van der Waals surface area contributed by atoms with E-state index in [1.54, 1.807) is 0 Å². The van der Waals surface area contributed by atoms with E-state index in [0.29, 0.717) is 6.54 Å². The highest BCUT2D eigenvalue weighted by Gasteiger charge is 2.43. The first kappa shape index (κ1) is 12.7. The molecule has 1 aliphatic rings. The molecule has 2 amide bonds. The Morgan fingerprint density at radius 2 is 2.12 bits per heavy atom. The van der Waals surface area contributed by atoms with Gasteiger partial charge in [0.1, 0.15) is 5.92 Å². The summed E-state index contributed by atoms with van der Waals surface area (Å²) in [6.45, 7) is 2.46. The molecule has 16 heavy (non-hydrogen) atoms. The third-order valence-corrected chi connectivity index (χ3v) is 2.71. The molecular formula is C11H17NO4. The number of amides is 2. The van der Waals surface area contributed by atoms with Crippen LogP contribution in [0.2, 0.25) is 0 Å². The molecule has 0 aromatic carbocycles. The largest absolute Gasteiger partial charge is 0.468 e. The Labute approximate surface area is 94.7 Å². The van der Waals surface area contributed by atoms with Gasteiger partial charge in [0, 0.05) is 13.0 Å². The van der Waals surface area contributed by atoms with Crippen molar-refractivity contribution in [1.29, 1.82) is 0 Å². The van der Waals surface area contributed by atoms with Crippen LogP contribution in [0.1, 0.15) is 32.6 Å². The fourth-order valence-electron chi connectivity index (χ4n) is 1.76. The molecule has 1 saturated heterocycles. The van der Waals surface area contributed by atoms with Crippen LogP contribution < -0.4 is 0 Å². The van der Waals surface area contributed by atoms with E-state index >= 15 is 0 Å². The van der Waals surface area contributed by atoms with Crippen LogP contribution in [0, 0.1) is 5.92 Å². The minimum atomic E-state index is -0.917. The SMILES string of the molecule is CCCCCN1C(=O)CC(C(=O)OC)C1=O. The van der Waals surface area contributed by atoms with Gasteiger partial charge in [-0.25, -0.2) is 0 Å². The van der Waals surface area contributed by atoms with Crippen molar-refractivity contribution in [2.75, 3.05) is 13.7 Å². The summed E-state index contributed by atoms with van der Waals surface area (Å²) in [4.78, 5) is 35.6. The van der Waals surface area contributed by atoms with E-state index in [2.05, 4.69) is 4.74 Å². The van der Waals surface area contributed by atoms with E-state index < -0.39 is 17.8 Å². The maximum Gasteiger partial charge on any atom is 0.318 e. The number of imide groups is 1. The Bertz CT molecular complexity index is 300. The summed E-state index contributed by atoms with van der Waals surface area (Å²) in [6.07, 6.45) is 2.75. The first-order valence-corrected chi connectivity index (χ1v) is 5.53. The van der Waals surface area contributed by atoms with Gasteiger partial charge in [-0.15, -0.1) is 0 Å². The average molecular weight is 227 g/mol. The van der Waals surface area contributed by atoms with Crippen LogP contribution in [0.15, 0.2) is 0 Å². The summed E-state index contributed by atoms with van der Waals surface area (Å²) in [7, 11) is 1.22. The molecule has 0 N–H and O–H groups in total. The Morgan fingerprint density at radius 1 is 1.44 bits per heavy atom. The summed E-state index contributed by atoms with van der Waals surface area (Å²) in [6, 6.07) is 0. The number of hydrogen-bond donors (Lipinski definition) is 0. The lowest BCUT2D eigenvalue weighted by Crippen LogP contribution is -2.33. The minimum Gasteiger partial charge on any atom is -0.468 e. The van der Waals surface area contributed by atoms with Gasteiger partial charge in [0.05, 0.1) is 7.11 Å². The van der Waals surface area contributed by atoms with E-state index in [0.717, 1.165) is 19.3 Å². The molecule has 0 saturated carbocycles. The topological polar surface area (TPSA) is 63.7 Å². The molecule has 0 bridgehead atoms. The van der Waals surface area contributed by atoms with E-state index in [9.17, 15) is 14.4 Å². The Balaban J connectivity index is 2.57. The molecule has 0 aliphatic carbocycles. The minimum absolute atomic E-state index is 0.0440. The summed E-state index contributed by atoms with van der Waals surface area (Å²) >= 11 is 0. The monoisotopic (exact) mass is 227 g/mol. The number of hydrogen-bond acceptors (Lipinski definition) is 4. The van der Waals surface area contributed by atoms with E-state index in [4.69, 9.17) is 0 Å². The van der Waals surface area contributed by atoms with Crippen LogP contribution >= 0.6 is 0 Å². The zero-order valence-electron chi connectivity index (χ0n) is 9.69. The van der Waals surface area contributed by atoms with Gasteiger partial charge in [-0.2, -0.15) is 0 Å². The standard InChI is InChI=1S/C11H17NO4/c1-3-4-5-6-12-9(13)7-8(10(12)14)11(15)16-2/h8H,3-7H2,1-2H3. The van der Waals surface area contributed by atoms with Crippen molar-refractivity contribution in [1.82, 2.24) is 4.90 Å². The molecule has 1 atom stereocenters. The van der Waals surface area contributed by atoms with Crippen LogP contribution in [-0.4, -0.2) is 36.3 Å². The van der Waals surface area contributed by atoms with Crippen LogP contribution in [0.5, 0.6) is 0 Å². The van der Waals surface area contributed by atoms with Crippen molar-refractivity contribution in [2.45, 2.75) is 32.6 Å². The van der Waals surface area contributed by atoms with Crippen LogP contribution in [0.4, 0.5) is 0 Å². The smallest absolute Gasteiger partial charge is 0.318 e. The van der Waals surface area contributed by atoms with Crippen molar-refractivity contribution in [3.8, 4) is 0 Å². The predicted octanol–water partition coefficient (Wildman–Crippen LogP) is 0.725. The van der Waals surface area contributed by atoms with Gasteiger partial charge < -0.3 is 4.74 Å². The number of ether oxygens (including phenoxy) is 1. The van der Waals surface area contributed by atoms with E-state index in [1.807, 2.05) is 6.92 Å². The van der Waals surface area contributed by atoms with Gasteiger partial charge in [0.15, 0.2) is 0 Å². The molecule has 1 heterocycles. The molecular weight excluding hydrogens is 210 g/mol. The second-order valence-corrected chi connectivity index (χ2v) is 3.87. The summed E-state index contributed by atoms with van der Waals surface area (Å²) in [5, 5.41) is 0. The van der Waals surface area contributed by atoms with Crippen LogP contribution in [0.3, 0.4) is 0 Å².